The van der Waals surface area contributed by atoms with Crippen molar-refractivity contribution in [3.05, 3.63) is 70.3 Å². The molecule has 134 valence electrons. The molecule has 6 heteroatoms. The second-order valence-electron chi connectivity index (χ2n) is 5.89. The zero-order chi connectivity index (χ0) is 18.5. The molecule has 0 fully saturated rings. The van der Waals surface area contributed by atoms with E-state index in [1.54, 1.807) is 31.2 Å². The van der Waals surface area contributed by atoms with Gasteiger partial charge >= 0.3 is 5.97 Å². The van der Waals surface area contributed by atoms with Gasteiger partial charge in [-0.2, -0.15) is 0 Å². The Labute approximate surface area is 150 Å². The third kappa shape index (κ3) is 4.08. The van der Waals surface area contributed by atoms with Crippen LogP contribution in [0.15, 0.2) is 53.3 Å². The highest BCUT2D eigenvalue weighted by atomic mass is 16.6. The number of nitrogens with zero attached hydrogens (tertiary/aromatic N) is 1. The van der Waals surface area contributed by atoms with Crippen LogP contribution in [0.25, 0.3) is 10.9 Å². The van der Waals surface area contributed by atoms with Crippen molar-refractivity contribution in [3.63, 3.8) is 0 Å². The molecule has 0 aliphatic carbocycles. The third-order valence-corrected chi connectivity index (χ3v) is 4.01. The van der Waals surface area contributed by atoms with Gasteiger partial charge in [-0.3, -0.25) is 4.79 Å². The van der Waals surface area contributed by atoms with Gasteiger partial charge in [0, 0.05) is 0 Å². The number of carbonyl (C=O) groups is 1. The van der Waals surface area contributed by atoms with E-state index in [0.717, 1.165) is 6.42 Å². The number of para-hydroxylation sites is 1. The number of benzene rings is 2. The fraction of sp³-hybridized carbons (Fsp3) is 0.250. The average Bonchev–Trinajstić information content (AvgIpc) is 2.66. The predicted octanol–water partition coefficient (Wildman–Crippen LogP) is 3.17. The van der Waals surface area contributed by atoms with Crippen LogP contribution in [0.5, 0.6) is 5.75 Å². The lowest BCUT2D eigenvalue weighted by molar-refractivity contribution is -0.151. The maximum atomic E-state index is 12.1. The SMILES string of the molecule is CCc1ccc(OCC(=O)O[C@H](C)c2nc3ccccc3c(=O)[nH]2)cc1. The van der Waals surface area contributed by atoms with E-state index < -0.39 is 12.1 Å². The molecule has 1 atom stereocenters. The van der Waals surface area contributed by atoms with Crippen molar-refractivity contribution in [3.8, 4) is 5.75 Å². The summed E-state index contributed by atoms with van der Waals surface area (Å²) in [6, 6.07) is 14.5. The van der Waals surface area contributed by atoms with Crippen LogP contribution in [0.4, 0.5) is 0 Å². The summed E-state index contributed by atoms with van der Waals surface area (Å²) in [7, 11) is 0. The van der Waals surface area contributed by atoms with E-state index >= 15 is 0 Å². The first-order valence-electron chi connectivity index (χ1n) is 8.47. The van der Waals surface area contributed by atoms with Crippen molar-refractivity contribution in [2.24, 2.45) is 0 Å². The second kappa shape index (κ2) is 7.82. The Morgan fingerprint density at radius 2 is 1.88 bits per heavy atom. The van der Waals surface area contributed by atoms with Crippen molar-refractivity contribution in [2.75, 3.05) is 6.61 Å². The fourth-order valence-electron chi connectivity index (χ4n) is 2.55. The van der Waals surface area contributed by atoms with E-state index in [1.165, 1.54) is 5.56 Å². The number of aromatic nitrogens is 2. The molecule has 1 N–H and O–H groups in total. The third-order valence-electron chi connectivity index (χ3n) is 4.01. The first-order chi connectivity index (χ1) is 12.6. The van der Waals surface area contributed by atoms with Crippen LogP contribution in [0.2, 0.25) is 0 Å². The van der Waals surface area contributed by atoms with Gasteiger partial charge in [-0.05, 0) is 43.2 Å². The van der Waals surface area contributed by atoms with E-state index in [1.807, 2.05) is 24.3 Å². The van der Waals surface area contributed by atoms with E-state index in [4.69, 9.17) is 9.47 Å². The monoisotopic (exact) mass is 352 g/mol. The van der Waals surface area contributed by atoms with Gasteiger partial charge in [-0.15, -0.1) is 0 Å². The van der Waals surface area contributed by atoms with Gasteiger partial charge in [-0.25, -0.2) is 9.78 Å². The van der Waals surface area contributed by atoms with Gasteiger partial charge in [-0.1, -0.05) is 31.2 Å². The highest BCUT2D eigenvalue weighted by Gasteiger charge is 2.16. The second-order valence-corrected chi connectivity index (χ2v) is 5.89. The van der Waals surface area contributed by atoms with Gasteiger partial charge < -0.3 is 14.5 Å². The van der Waals surface area contributed by atoms with Crippen molar-refractivity contribution in [1.29, 1.82) is 0 Å². The molecule has 0 unspecified atom stereocenters. The predicted molar refractivity (Wildman–Crippen MR) is 98.2 cm³/mol. The zero-order valence-electron chi connectivity index (χ0n) is 14.7. The van der Waals surface area contributed by atoms with Crippen LogP contribution in [0.1, 0.15) is 31.3 Å². The molecule has 0 spiro atoms. The summed E-state index contributed by atoms with van der Waals surface area (Å²) >= 11 is 0. The minimum atomic E-state index is -0.689. The normalized spacial score (nSPS) is 11.9. The topological polar surface area (TPSA) is 81.3 Å². The minimum Gasteiger partial charge on any atom is -0.482 e. The Balaban J connectivity index is 1.62. The van der Waals surface area contributed by atoms with Crippen LogP contribution in [0.3, 0.4) is 0 Å². The molecule has 0 aliphatic rings. The van der Waals surface area contributed by atoms with E-state index in [-0.39, 0.29) is 12.2 Å². The lowest BCUT2D eigenvalue weighted by Gasteiger charge is -2.13. The minimum absolute atomic E-state index is 0.215. The number of aromatic amines is 1. The Morgan fingerprint density at radius 1 is 1.15 bits per heavy atom. The molecule has 0 saturated heterocycles. The van der Waals surface area contributed by atoms with Crippen LogP contribution in [0, 0.1) is 0 Å². The molecular weight excluding hydrogens is 332 g/mol. The molecule has 0 radical (unpaired) electrons. The molecule has 3 aromatic rings. The molecule has 1 aromatic heterocycles. The Kier molecular flexibility index (Phi) is 5.31. The lowest BCUT2D eigenvalue weighted by Crippen LogP contribution is -2.20. The first-order valence-corrected chi connectivity index (χ1v) is 8.47. The number of H-pyrrole nitrogens is 1. The standard InChI is InChI=1S/C20H20N2O4/c1-3-14-8-10-15(11-9-14)25-12-18(23)26-13(2)19-21-17-7-5-4-6-16(17)20(24)22-19/h4-11,13H,3,12H2,1-2H3,(H,21,22,24)/t13-/m1/s1. The molecule has 0 bridgehead atoms. The van der Waals surface area contributed by atoms with Gasteiger partial charge in [0.1, 0.15) is 5.75 Å². The van der Waals surface area contributed by atoms with Gasteiger partial charge in [0.25, 0.3) is 5.56 Å². The Morgan fingerprint density at radius 3 is 2.62 bits per heavy atom. The van der Waals surface area contributed by atoms with Gasteiger partial charge in [0.2, 0.25) is 0 Å². The summed E-state index contributed by atoms with van der Waals surface area (Å²) in [5.41, 5.74) is 1.49. The molecule has 3 rings (SSSR count). The largest absolute Gasteiger partial charge is 0.482 e. The van der Waals surface area contributed by atoms with E-state index in [2.05, 4.69) is 16.9 Å². The van der Waals surface area contributed by atoms with E-state index in [9.17, 15) is 9.59 Å². The number of esters is 1. The summed E-state index contributed by atoms with van der Waals surface area (Å²) in [5, 5.41) is 0.494. The number of ether oxygens (including phenoxy) is 2. The lowest BCUT2D eigenvalue weighted by atomic mass is 10.2. The van der Waals surface area contributed by atoms with Crippen molar-refractivity contribution in [1.82, 2.24) is 9.97 Å². The average molecular weight is 352 g/mol. The summed E-state index contributed by atoms with van der Waals surface area (Å²) in [4.78, 5) is 31.1. The molecule has 26 heavy (non-hydrogen) atoms. The van der Waals surface area contributed by atoms with Crippen molar-refractivity contribution >= 4 is 16.9 Å². The Hall–Kier alpha value is -3.15. The molecule has 0 amide bonds. The summed E-state index contributed by atoms with van der Waals surface area (Å²) in [6.07, 6.45) is 0.252. The number of fused-ring (bicyclic) bond motifs is 1. The zero-order valence-corrected chi connectivity index (χ0v) is 14.7. The van der Waals surface area contributed by atoms with Crippen LogP contribution in [-0.2, 0) is 16.0 Å². The van der Waals surface area contributed by atoms with E-state index in [0.29, 0.717) is 22.5 Å². The number of rotatable bonds is 6. The molecule has 0 aliphatic heterocycles. The van der Waals surface area contributed by atoms with Crippen LogP contribution in [-0.4, -0.2) is 22.5 Å². The highest BCUT2D eigenvalue weighted by Crippen LogP contribution is 2.16. The molecule has 1 heterocycles. The summed E-state index contributed by atoms with van der Waals surface area (Å²) in [5.74, 6) is 0.367. The van der Waals surface area contributed by atoms with Crippen LogP contribution < -0.4 is 10.3 Å². The fourth-order valence-corrected chi connectivity index (χ4v) is 2.55. The highest BCUT2D eigenvalue weighted by molar-refractivity contribution is 5.77. The molecular formula is C20H20N2O4. The quantitative estimate of drug-likeness (QED) is 0.689. The number of hydrogen-bond acceptors (Lipinski definition) is 5. The van der Waals surface area contributed by atoms with Crippen molar-refractivity contribution < 1.29 is 14.3 Å². The first kappa shape index (κ1) is 17.7. The number of carbonyl (C=O) groups excluding carboxylic acids is 1. The van der Waals surface area contributed by atoms with Gasteiger partial charge in [0.05, 0.1) is 10.9 Å². The smallest absolute Gasteiger partial charge is 0.344 e. The molecule has 6 nitrogen and oxygen atoms in total. The summed E-state index contributed by atoms with van der Waals surface area (Å²) in [6.45, 7) is 3.51. The molecule has 0 saturated carbocycles. The van der Waals surface area contributed by atoms with Crippen molar-refractivity contribution in [2.45, 2.75) is 26.4 Å². The number of aryl methyl sites for hydroxylation is 1. The van der Waals surface area contributed by atoms with Crippen LogP contribution >= 0.6 is 0 Å². The maximum Gasteiger partial charge on any atom is 0.344 e. The maximum absolute atomic E-state index is 12.1. The number of nitrogens with one attached hydrogen (secondary N) is 1. The Bertz CT molecular complexity index is 963. The number of hydrogen-bond donors (Lipinski definition) is 1. The van der Waals surface area contributed by atoms with Gasteiger partial charge in [0.15, 0.2) is 18.5 Å². The molecule has 2 aromatic carbocycles. The summed E-state index contributed by atoms with van der Waals surface area (Å²) < 4.78 is 10.7.